The van der Waals surface area contributed by atoms with Crippen LogP contribution in [0.5, 0.6) is 0 Å². The zero-order valence-corrected chi connectivity index (χ0v) is 40.4. The lowest BCUT2D eigenvalue weighted by atomic mass is 9.84. The van der Waals surface area contributed by atoms with Gasteiger partial charge in [0.1, 0.15) is 31.6 Å². The number of nitrogens with zero attached hydrogens (tertiary/aromatic N) is 2. The zero-order chi connectivity index (χ0) is 49.1. The second-order valence-corrected chi connectivity index (χ2v) is 18.9. The average Bonchev–Trinajstić information content (AvgIpc) is 4.12. The zero-order valence-electron chi connectivity index (χ0n) is 39.5. The van der Waals surface area contributed by atoms with Crippen molar-refractivity contribution in [1.29, 1.82) is 0 Å². The summed E-state index contributed by atoms with van der Waals surface area (Å²) in [6.07, 6.45) is 3.52. The molecule has 1 aliphatic carbocycles. The third kappa shape index (κ3) is 11.0. The molecule has 8 rings (SSSR count). The summed E-state index contributed by atoms with van der Waals surface area (Å²) in [6, 6.07) is 46.3. The van der Waals surface area contributed by atoms with Crippen molar-refractivity contribution in [2.24, 2.45) is 10.9 Å². The lowest BCUT2D eigenvalue weighted by Crippen LogP contribution is -2.47. The number of aromatic nitrogens is 1. The van der Waals surface area contributed by atoms with Gasteiger partial charge >= 0.3 is 18.0 Å². The monoisotopic (exact) mass is 960 g/mol. The maximum absolute atomic E-state index is 14.1. The van der Waals surface area contributed by atoms with Crippen molar-refractivity contribution in [3.05, 3.63) is 197 Å². The molecule has 0 saturated carbocycles. The van der Waals surface area contributed by atoms with E-state index in [4.69, 9.17) is 23.4 Å². The Balaban J connectivity index is 0.961. The number of carbonyl (C=O) groups is 4. The Labute approximate surface area is 412 Å². The van der Waals surface area contributed by atoms with Gasteiger partial charge < -0.3 is 34.0 Å². The van der Waals surface area contributed by atoms with E-state index in [2.05, 4.69) is 106 Å². The smallest absolute Gasteiger partial charge is 0.407 e. The minimum Gasteiger partial charge on any atom is -0.473 e. The van der Waals surface area contributed by atoms with Crippen LogP contribution in [-0.2, 0) is 44.6 Å². The van der Waals surface area contributed by atoms with Crippen LogP contribution >= 0.6 is 11.8 Å². The number of ether oxygens (including phenoxy) is 4. The van der Waals surface area contributed by atoms with Gasteiger partial charge in [-0.1, -0.05) is 159 Å². The first-order valence-electron chi connectivity index (χ1n) is 23.3. The van der Waals surface area contributed by atoms with E-state index in [0.717, 1.165) is 38.9 Å². The van der Waals surface area contributed by atoms with Crippen molar-refractivity contribution in [3.63, 3.8) is 0 Å². The fourth-order valence-electron chi connectivity index (χ4n) is 8.81. The number of benzene rings is 5. The van der Waals surface area contributed by atoms with Gasteiger partial charge in [0, 0.05) is 5.92 Å². The number of oxazole rings is 1. The standard InChI is InChI=1S/C56H56N4O9S/c1-37(2)50(59-54(64)67-34-46-44-29-16-14-27-42(44)43-28-15-17-30-45(43)46)52(62)69-41(32-48(61)57-33-49-58-47(35-66-49)51-60-55(3,36-68-51)53(63)65-4)26-18-19-31-70-56(38-20-8-5-9-21-38,39-22-10-6-11-23-39)40-24-12-7-13-25-40/h5-18,20-30,35,37,41,46,50H,19,31-34,36H2,1-4H3,(H,57,61)(H,59,64)/t41-,50?,55+/m1/s1. The van der Waals surface area contributed by atoms with Gasteiger partial charge in [-0.05, 0) is 70.0 Å². The van der Waals surface area contributed by atoms with Crippen LogP contribution in [0, 0.1) is 5.92 Å². The highest BCUT2D eigenvalue weighted by Gasteiger charge is 2.42. The molecule has 0 radical (unpaired) electrons. The number of esters is 2. The van der Waals surface area contributed by atoms with Gasteiger partial charge in [-0.2, -0.15) is 0 Å². The predicted molar refractivity (Wildman–Crippen MR) is 268 cm³/mol. The van der Waals surface area contributed by atoms with E-state index in [0.29, 0.717) is 12.2 Å². The molecule has 0 bridgehead atoms. The number of alkyl carbamates (subject to hydrolysis) is 1. The summed E-state index contributed by atoms with van der Waals surface area (Å²) in [5, 5.41) is 5.54. The molecule has 5 aromatic carbocycles. The van der Waals surface area contributed by atoms with Crippen LogP contribution in [0.4, 0.5) is 4.79 Å². The summed E-state index contributed by atoms with van der Waals surface area (Å²) in [5.74, 6) is -1.33. The maximum atomic E-state index is 14.1. The third-order valence-electron chi connectivity index (χ3n) is 12.4. The molecule has 13 nitrogen and oxygen atoms in total. The number of methoxy groups -OCH3 is 1. The Morgan fingerprint density at radius 1 is 0.829 bits per heavy atom. The minimum atomic E-state index is -1.22. The molecule has 0 fully saturated rings. The van der Waals surface area contributed by atoms with Crippen molar-refractivity contribution < 1.29 is 42.5 Å². The van der Waals surface area contributed by atoms with E-state index >= 15 is 0 Å². The van der Waals surface area contributed by atoms with Crippen molar-refractivity contribution in [2.45, 2.75) is 68.5 Å². The number of amides is 2. The molecule has 2 amide bonds. The summed E-state index contributed by atoms with van der Waals surface area (Å²) in [6.45, 7) is 5.14. The van der Waals surface area contributed by atoms with E-state index in [-0.39, 0.29) is 55.5 Å². The molecule has 2 aliphatic rings. The number of thioether (sulfide) groups is 1. The molecule has 360 valence electrons. The molecular formula is C56H56N4O9S. The van der Waals surface area contributed by atoms with Gasteiger partial charge in [0.2, 0.25) is 17.7 Å². The first-order valence-corrected chi connectivity index (χ1v) is 24.3. The molecule has 70 heavy (non-hydrogen) atoms. The number of nitrogens with one attached hydrogen (secondary N) is 2. The number of hydrogen-bond donors (Lipinski definition) is 2. The highest BCUT2D eigenvalue weighted by molar-refractivity contribution is 8.00. The average molecular weight is 961 g/mol. The van der Waals surface area contributed by atoms with Crippen LogP contribution in [0.2, 0.25) is 0 Å². The van der Waals surface area contributed by atoms with E-state index in [1.54, 1.807) is 38.6 Å². The van der Waals surface area contributed by atoms with Crippen molar-refractivity contribution in [1.82, 2.24) is 15.6 Å². The topological polar surface area (TPSA) is 168 Å². The van der Waals surface area contributed by atoms with Gasteiger partial charge in [-0.15, -0.1) is 11.8 Å². The highest BCUT2D eigenvalue weighted by Crippen LogP contribution is 2.49. The molecule has 6 aromatic rings. The number of hydrogen-bond acceptors (Lipinski definition) is 12. The number of allylic oxidation sites excluding steroid dienone is 1. The van der Waals surface area contributed by atoms with Crippen LogP contribution in [0.3, 0.4) is 0 Å². The molecule has 1 aromatic heterocycles. The normalized spacial score (nSPS) is 16.1. The largest absolute Gasteiger partial charge is 0.473 e. The fourth-order valence-corrected chi connectivity index (χ4v) is 10.3. The summed E-state index contributed by atoms with van der Waals surface area (Å²) < 4.78 is 27.4. The lowest BCUT2D eigenvalue weighted by molar-refractivity contribution is -0.151. The fraction of sp³-hybridized carbons (Fsp3) is 0.286. The van der Waals surface area contributed by atoms with Gasteiger partial charge in [-0.3, -0.25) is 4.79 Å². The molecule has 14 heteroatoms. The molecule has 1 unspecified atom stereocenters. The number of aliphatic imine (C=N–C) groups is 1. The maximum Gasteiger partial charge on any atom is 0.407 e. The van der Waals surface area contributed by atoms with Crippen LogP contribution in [0.15, 0.2) is 167 Å². The Bertz CT molecular complexity index is 2690. The SMILES string of the molecule is COC(=O)[C@]1(C)COC(c2coc(CNC(=O)C[C@@H](C=CCCSC(c3ccccc3)(c3ccccc3)c3ccccc3)OC(=O)C(NC(=O)OCC3c4ccccc4-c4ccccc43)C(C)C)n2)=N1. The number of rotatable bonds is 20. The molecular weight excluding hydrogens is 905 g/mol. The predicted octanol–water partition coefficient (Wildman–Crippen LogP) is 9.54. The summed E-state index contributed by atoms with van der Waals surface area (Å²) >= 11 is 1.79. The van der Waals surface area contributed by atoms with Gasteiger partial charge in [0.05, 0.1) is 24.8 Å². The molecule has 0 saturated heterocycles. The number of carbonyl (C=O) groups excluding carboxylic acids is 4. The van der Waals surface area contributed by atoms with Crippen molar-refractivity contribution in [2.75, 3.05) is 26.1 Å². The second-order valence-electron chi connectivity index (χ2n) is 17.6. The molecule has 2 heterocycles. The van der Waals surface area contributed by atoms with E-state index in [1.807, 2.05) is 60.7 Å². The first kappa shape index (κ1) is 49.0. The van der Waals surface area contributed by atoms with E-state index in [1.165, 1.54) is 13.4 Å². The quantitative estimate of drug-likeness (QED) is 0.0246. The Kier molecular flexibility index (Phi) is 15.6. The second kappa shape index (κ2) is 22.3. The van der Waals surface area contributed by atoms with E-state index < -0.39 is 46.4 Å². The van der Waals surface area contributed by atoms with Crippen molar-refractivity contribution in [3.8, 4) is 11.1 Å². The third-order valence-corrected chi connectivity index (χ3v) is 13.9. The van der Waals surface area contributed by atoms with E-state index in [9.17, 15) is 19.2 Å². The Morgan fingerprint density at radius 3 is 1.97 bits per heavy atom. The molecule has 0 spiro atoms. The van der Waals surface area contributed by atoms with Crippen molar-refractivity contribution >= 4 is 41.6 Å². The van der Waals surface area contributed by atoms with Crippen LogP contribution in [0.1, 0.15) is 78.9 Å². The summed E-state index contributed by atoms with van der Waals surface area (Å²) in [5.41, 5.74) is 6.77. The van der Waals surface area contributed by atoms with Crippen LogP contribution < -0.4 is 10.6 Å². The molecule has 1 aliphatic heterocycles. The number of fused-ring (bicyclic) bond motifs is 3. The Hall–Kier alpha value is -7.45. The van der Waals surface area contributed by atoms with Gasteiger partial charge in [0.15, 0.2) is 11.2 Å². The van der Waals surface area contributed by atoms with Crippen LogP contribution in [0.25, 0.3) is 11.1 Å². The lowest BCUT2D eigenvalue weighted by Gasteiger charge is -2.35. The molecule has 2 N–H and O–H groups in total. The van der Waals surface area contributed by atoms with Crippen LogP contribution in [-0.4, -0.2) is 78.6 Å². The van der Waals surface area contributed by atoms with Gasteiger partial charge in [0.25, 0.3) is 0 Å². The Morgan fingerprint density at radius 2 is 1.40 bits per heavy atom. The molecule has 3 atom stereocenters. The van der Waals surface area contributed by atoms with Gasteiger partial charge in [-0.25, -0.2) is 24.4 Å². The first-order chi connectivity index (χ1) is 34.0. The summed E-state index contributed by atoms with van der Waals surface area (Å²) in [7, 11) is 1.28. The summed E-state index contributed by atoms with van der Waals surface area (Å²) in [4.78, 5) is 62.1. The minimum absolute atomic E-state index is 0.0208. The highest BCUT2D eigenvalue weighted by atomic mass is 32.2.